The van der Waals surface area contributed by atoms with E-state index in [0.29, 0.717) is 0 Å². The Balaban J connectivity index is 3.47. The minimum Gasteiger partial charge on any atom is -0.258 e. The second kappa shape index (κ2) is 6.97. The number of allylic oxidation sites excluding steroid dienone is 2. The average molecular weight is 246 g/mol. The smallest absolute Gasteiger partial charge is 0.107 e. The maximum atomic E-state index is 4.43. The fourth-order valence-corrected chi connectivity index (χ4v) is 2.62. The molecule has 0 aliphatic carbocycles. The molecular weight excluding hydrogens is 228 g/mol. The van der Waals surface area contributed by atoms with Gasteiger partial charge in [0.05, 0.1) is 9.75 Å². The molecule has 0 radical (unpaired) electrons. The highest BCUT2D eigenvalue weighted by atomic mass is 32.1. The van der Waals surface area contributed by atoms with Crippen molar-refractivity contribution in [3.8, 4) is 0 Å². The summed E-state index contributed by atoms with van der Waals surface area (Å²) in [6.45, 7) is 7.87. The van der Waals surface area contributed by atoms with Crippen molar-refractivity contribution >= 4 is 47.3 Å². The molecule has 0 aliphatic heterocycles. The van der Waals surface area contributed by atoms with E-state index in [1.54, 1.807) is 11.3 Å². The van der Waals surface area contributed by atoms with Crippen LogP contribution in [0.2, 0.25) is 0 Å². The molecule has 0 amide bonds. The van der Waals surface area contributed by atoms with Crippen LogP contribution in [0.15, 0.2) is 22.1 Å². The molecule has 3 heteroatoms. The topological polar surface area (TPSA) is 24.7 Å². The number of thiophene rings is 1. The molecule has 0 spiro atoms. The van der Waals surface area contributed by atoms with Gasteiger partial charge in [0.2, 0.25) is 0 Å². The summed E-state index contributed by atoms with van der Waals surface area (Å²) in [4.78, 5) is 11.2. The lowest BCUT2D eigenvalue weighted by molar-refractivity contribution is 1.49. The summed E-state index contributed by atoms with van der Waals surface area (Å²) in [5.74, 6) is 0. The van der Waals surface area contributed by atoms with Gasteiger partial charge in [0.25, 0.3) is 0 Å². The fraction of sp³-hybridized carbons (Fsp3) is 0.286. The summed E-state index contributed by atoms with van der Waals surface area (Å²) in [7, 11) is 0. The van der Waals surface area contributed by atoms with Gasteiger partial charge in [-0.25, -0.2) is 0 Å². The molecule has 17 heavy (non-hydrogen) atoms. The Labute approximate surface area is 107 Å². The van der Waals surface area contributed by atoms with Crippen molar-refractivity contribution in [2.24, 2.45) is 9.98 Å². The molecular formula is C14H18N2S. The lowest BCUT2D eigenvalue weighted by Crippen LogP contribution is -1.69. The molecule has 0 saturated heterocycles. The minimum absolute atomic E-state index is 0.960. The molecule has 1 aromatic rings. The highest BCUT2D eigenvalue weighted by Crippen LogP contribution is 2.43. The summed E-state index contributed by atoms with van der Waals surface area (Å²) in [5.41, 5.74) is 1.92. The first-order chi connectivity index (χ1) is 8.28. The van der Waals surface area contributed by atoms with Gasteiger partial charge in [-0.3, -0.25) is 9.98 Å². The van der Waals surface area contributed by atoms with Crippen molar-refractivity contribution in [2.45, 2.75) is 27.7 Å². The third-order valence-electron chi connectivity index (χ3n) is 2.06. The molecule has 0 bridgehead atoms. The first kappa shape index (κ1) is 13.6. The zero-order valence-corrected chi connectivity index (χ0v) is 11.6. The molecule has 0 saturated carbocycles. The van der Waals surface area contributed by atoms with Crippen LogP contribution >= 0.6 is 11.3 Å². The molecule has 2 nitrogen and oxygen atoms in total. The summed E-state index contributed by atoms with van der Waals surface area (Å²) in [5, 5.41) is 0. The zero-order valence-electron chi connectivity index (χ0n) is 10.8. The summed E-state index contributed by atoms with van der Waals surface area (Å²) in [6.07, 6.45) is 11.8. The zero-order chi connectivity index (χ0) is 12.7. The highest BCUT2D eigenvalue weighted by Gasteiger charge is 2.13. The Morgan fingerprint density at radius 3 is 1.47 bits per heavy atom. The van der Waals surface area contributed by atoms with E-state index in [1.807, 2.05) is 52.3 Å². The van der Waals surface area contributed by atoms with E-state index in [2.05, 4.69) is 22.1 Å². The SMILES string of the molecule is CC=Nc1c(/C=C\C)sc(/C=C\C)c1N=CC. The Morgan fingerprint density at radius 1 is 0.765 bits per heavy atom. The maximum absolute atomic E-state index is 4.43. The van der Waals surface area contributed by atoms with Crippen LogP contribution < -0.4 is 0 Å². The number of hydrogen-bond donors (Lipinski definition) is 0. The predicted molar refractivity (Wildman–Crippen MR) is 81.4 cm³/mol. The Hall–Kier alpha value is -1.48. The molecule has 0 fully saturated rings. The van der Waals surface area contributed by atoms with Crippen molar-refractivity contribution in [1.29, 1.82) is 0 Å². The van der Waals surface area contributed by atoms with E-state index < -0.39 is 0 Å². The monoisotopic (exact) mass is 246 g/mol. The Kier molecular flexibility index (Phi) is 5.57. The number of hydrogen-bond acceptors (Lipinski definition) is 3. The lowest BCUT2D eigenvalue weighted by atomic mass is 10.2. The summed E-state index contributed by atoms with van der Waals surface area (Å²) < 4.78 is 0. The molecule has 0 N–H and O–H groups in total. The standard InChI is InChI=1S/C14H18N2S/c1-5-9-11-13(15-7-3)14(16-8-4)12(17-11)10-6-2/h5-10H,1-4H3/b9-5-,10-6-,15-7?,16-8?. The van der Waals surface area contributed by atoms with E-state index >= 15 is 0 Å². The van der Waals surface area contributed by atoms with Crippen molar-refractivity contribution < 1.29 is 0 Å². The minimum atomic E-state index is 0.960. The number of rotatable bonds is 4. The van der Waals surface area contributed by atoms with Crippen LogP contribution in [0.5, 0.6) is 0 Å². The van der Waals surface area contributed by atoms with Gasteiger partial charge in [-0.05, 0) is 39.8 Å². The number of nitrogens with zero attached hydrogens (tertiary/aromatic N) is 2. The van der Waals surface area contributed by atoms with E-state index in [9.17, 15) is 0 Å². The van der Waals surface area contributed by atoms with E-state index in [1.165, 1.54) is 0 Å². The average Bonchev–Trinajstić information content (AvgIpc) is 2.61. The first-order valence-electron chi connectivity index (χ1n) is 5.68. The molecule has 0 aliphatic rings. The molecule has 0 aromatic carbocycles. The van der Waals surface area contributed by atoms with E-state index in [-0.39, 0.29) is 0 Å². The largest absolute Gasteiger partial charge is 0.258 e. The second-order valence-electron chi connectivity index (χ2n) is 3.30. The van der Waals surface area contributed by atoms with Gasteiger partial charge in [-0.15, -0.1) is 11.3 Å². The van der Waals surface area contributed by atoms with Gasteiger partial charge in [-0.2, -0.15) is 0 Å². The van der Waals surface area contributed by atoms with E-state index in [4.69, 9.17) is 0 Å². The Morgan fingerprint density at radius 2 is 1.18 bits per heavy atom. The summed E-state index contributed by atoms with van der Waals surface area (Å²) >= 11 is 1.71. The molecule has 1 heterocycles. The van der Waals surface area contributed by atoms with Crippen LogP contribution in [0.25, 0.3) is 12.2 Å². The van der Waals surface area contributed by atoms with Crippen LogP contribution in [-0.4, -0.2) is 12.4 Å². The first-order valence-corrected chi connectivity index (χ1v) is 6.49. The lowest BCUT2D eigenvalue weighted by Gasteiger charge is -1.95. The van der Waals surface area contributed by atoms with Crippen LogP contribution in [-0.2, 0) is 0 Å². The molecule has 0 unspecified atom stereocenters. The van der Waals surface area contributed by atoms with Gasteiger partial charge in [0.1, 0.15) is 11.4 Å². The van der Waals surface area contributed by atoms with Crippen molar-refractivity contribution in [2.75, 3.05) is 0 Å². The normalized spacial score (nSPS) is 12.9. The Bertz CT molecular complexity index is 434. The van der Waals surface area contributed by atoms with Crippen LogP contribution in [0.4, 0.5) is 11.4 Å². The van der Waals surface area contributed by atoms with Gasteiger partial charge in [-0.1, -0.05) is 12.2 Å². The summed E-state index contributed by atoms with van der Waals surface area (Å²) in [6, 6.07) is 0. The van der Waals surface area contributed by atoms with Crippen molar-refractivity contribution in [3.63, 3.8) is 0 Å². The second-order valence-corrected chi connectivity index (χ2v) is 4.39. The predicted octanol–water partition coefficient (Wildman–Crippen LogP) is 5.26. The third-order valence-corrected chi connectivity index (χ3v) is 3.16. The van der Waals surface area contributed by atoms with Gasteiger partial charge >= 0.3 is 0 Å². The van der Waals surface area contributed by atoms with Gasteiger partial charge in [0, 0.05) is 12.4 Å². The van der Waals surface area contributed by atoms with Crippen molar-refractivity contribution in [3.05, 3.63) is 21.9 Å². The fourth-order valence-electron chi connectivity index (χ4n) is 1.48. The number of aliphatic imine (C=N–C) groups is 2. The quantitative estimate of drug-likeness (QED) is 0.647. The molecule has 1 rings (SSSR count). The molecule has 90 valence electrons. The molecule has 1 aromatic heterocycles. The van der Waals surface area contributed by atoms with E-state index in [0.717, 1.165) is 21.1 Å². The van der Waals surface area contributed by atoms with Crippen LogP contribution in [0.3, 0.4) is 0 Å². The van der Waals surface area contributed by atoms with Crippen molar-refractivity contribution in [1.82, 2.24) is 0 Å². The molecule has 0 atom stereocenters. The highest BCUT2D eigenvalue weighted by molar-refractivity contribution is 7.15. The van der Waals surface area contributed by atoms with Gasteiger partial charge < -0.3 is 0 Å². The van der Waals surface area contributed by atoms with Crippen LogP contribution in [0, 0.1) is 0 Å². The van der Waals surface area contributed by atoms with Crippen LogP contribution in [0.1, 0.15) is 37.4 Å². The third kappa shape index (κ3) is 3.24. The van der Waals surface area contributed by atoms with Gasteiger partial charge in [0.15, 0.2) is 0 Å². The maximum Gasteiger partial charge on any atom is 0.107 e.